The van der Waals surface area contributed by atoms with Crippen LogP contribution in [0.15, 0.2) is 30.3 Å². The lowest BCUT2D eigenvalue weighted by Crippen LogP contribution is -2.51. The SMILES string of the molecule is CC[Si](CC)(CC)O[C@H]1[C@@H](COCc2ccccc2)CC(C)(C)C[C@H]1C=O. The molecule has 1 aliphatic rings. The zero-order valence-corrected chi connectivity index (χ0v) is 18.9. The Kier molecular flexibility index (Phi) is 8.26. The maximum atomic E-state index is 11.9. The molecule has 1 aliphatic carbocycles. The van der Waals surface area contributed by atoms with E-state index in [1.165, 1.54) is 5.56 Å². The van der Waals surface area contributed by atoms with Gasteiger partial charge in [-0.05, 0) is 42.0 Å². The highest BCUT2D eigenvalue weighted by atomic mass is 28.4. The Bertz CT molecular complexity index is 560. The van der Waals surface area contributed by atoms with Crippen molar-refractivity contribution in [2.24, 2.45) is 17.3 Å². The first-order valence-corrected chi connectivity index (χ1v) is 13.2. The minimum absolute atomic E-state index is 0.0119. The molecular formula is C23H38O3Si. The lowest BCUT2D eigenvalue weighted by Gasteiger charge is -2.47. The van der Waals surface area contributed by atoms with Gasteiger partial charge in [0.2, 0.25) is 0 Å². The van der Waals surface area contributed by atoms with Crippen LogP contribution in [0.3, 0.4) is 0 Å². The van der Waals surface area contributed by atoms with E-state index in [2.05, 4.69) is 46.8 Å². The predicted octanol–water partition coefficient (Wildman–Crippen LogP) is 5.84. The fourth-order valence-electron chi connectivity index (χ4n) is 4.67. The summed E-state index contributed by atoms with van der Waals surface area (Å²) in [5.41, 5.74) is 1.34. The Morgan fingerprint density at radius 3 is 2.26 bits per heavy atom. The highest BCUT2D eigenvalue weighted by Gasteiger charge is 2.45. The van der Waals surface area contributed by atoms with E-state index in [0.717, 1.165) is 37.3 Å². The first-order chi connectivity index (χ1) is 12.9. The zero-order chi connectivity index (χ0) is 19.9. The number of ether oxygens (including phenoxy) is 1. The molecule has 0 heterocycles. The van der Waals surface area contributed by atoms with Crippen LogP contribution in [0.2, 0.25) is 18.1 Å². The number of carbonyl (C=O) groups excluding carboxylic acids is 1. The molecule has 0 unspecified atom stereocenters. The van der Waals surface area contributed by atoms with Crippen molar-refractivity contribution >= 4 is 14.6 Å². The topological polar surface area (TPSA) is 35.5 Å². The van der Waals surface area contributed by atoms with Gasteiger partial charge in [0.15, 0.2) is 8.32 Å². The van der Waals surface area contributed by atoms with Gasteiger partial charge in [-0.1, -0.05) is 65.0 Å². The third-order valence-electron chi connectivity index (χ3n) is 6.43. The summed E-state index contributed by atoms with van der Waals surface area (Å²) < 4.78 is 13.0. The fraction of sp³-hybridized carbons (Fsp3) is 0.696. The van der Waals surface area contributed by atoms with Crippen LogP contribution >= 0.6 is 0 Å². The first kappa shape index (κ1) is 22.3. The number of hydrogen-bond donors (Lipinski definition) is 0. The van der Waals surface area contributed by atoms with Crippen LogP contribution in [0.1, 0.15) is 53.0 Å². The zero-order valence-electron chi connectivity index (χ0n) is 17.9. The van der Waals surface area contributed by atoms with Crippen LogP contribution in [0.4, 0.5) is 0 Å². The Hall–Kier alpha value is -0.973. The van der Waals surface area contributed by atoms with E-state index < -0.39 is 8.32 Å². The average Bonchev–Trinajstić information content (AvgIpc) is 2.68. The Morgan fingerprint density at radius 2 is 1.70 bits per heavy atom. The minimum Gasteiger partial charge on any atom is -0.413 e. The Balaban J connectivity index is 2.13. The van der Waals surface area contributed by atoms with Gasteiger partial charge in [-0.3, -0.25) is 0 Å². The number of hydrogen-bond acceptors (Lipinski definition) is 3. The number of carbonyl (C=O) groups is 1. The molecule has 0 saturated heterocycles. The normalized spacial score (nSPS) is 25.3. The van der Waals surface area contributed by atoms with E-state index in [9.17, 15) is 4.79 Å². The summed E-state index contributed by atoms with van der Waals surface area (Å²) in [7, 11) is -1.77. The summed E-state index contributed by atoms with van der Waals surface area (Å²) in [4.78, 5) is 11.9. The van der Waals surface area contributed by atoms with Crippen molar-refractivity contribution in [2.75, 3.05) is 6.61 Å². The van der Waals surface area contributed by atoms with Crippen LogP contribution in [-0.4, -0.2) is 27.3 Å². The predicted molar refractivity (Wildman–Crippen MR) is 114 cm³/mol. The van der Waals surface area contributed by atoms with Gasteiger partial charge in [-0.2, -0.15) is 0 Å². The molecule has 0 radical (unpaired) electrons. The molecule has 0 aliphatic heterocycles. The molecule has 0 bridgehead atoms. The Morgan fingerprint density at radius 1 is 1.07 bits per heavy atom. The van der Waals surface area contributed by atoms with E-state index >= 15 is 0 Å². The molecule has 2 rings (SSSR count). The number of aldehydes is 1. The molecular weight excluding hydrogens is 352 g/mol. The van der Waals surface area contributed by atoms with Crippen LogP contribution in [0.25, 0.3) is 0 Å². The molecule has 1 aromatic rings. The van der Waals surface area contributed by atoms with Crippen molar-refractivity contribution in [3.05, 3.63) is 35.9 Å². The molecule has 152 valence electrons. The van der Waals surface area contributed by atoms with Gasteiger partial charge in [0.25, 0.3) is 0 Å². The van der Waals surface area contributed by atoms with Gasteiger partial charge >= 0.3 is 0 Å². The molecule has 0 aromatic heterocycles. The summed E-state index contributed by atoms with van der Waals surface area (Å²) in [5.74, 6) is 0.264. The average molecular weight is 391 g/mol. The highest BCUT2D eigenvalue weighted by Crippen LogP contribution is 2.44. The summed E-state index contributed by atoms with van der Waals surface area (Å²) in [6.45, 7) is 12.6. The third kappa shape index (κ3) is 6.00. The number of rotatable bonds is 10. The summed E-state index contributed by atoms with van der Waals surface area (Å²) in [6, 6.07) is 13.6. The van der Waals surface area contributed by atoms with Gasteiger partial charge in [-0.25, -0.2) is 0 Å². The van der Waals surface area contributed by atoms with Gasteiger partial charge in [-0.15, -0.1) is 0 Å². The monoisotopic (exact) mass is 390 g/mol. The summed E-state index contributed by atoms with van der Waals surface area (Å²) in [6.07, 6.45) is 3.13. The van der Waals surface area contributed by atoms with Crippen molar-refractivity contribution in [1.29, 1.82) is 0 Å². The Labute approximate surface area is 167 Å². The van der Waals surface area contributed by atoms with Crippen molar-refractivity contribution < 1.29 is 14.0 Å². The summed E-state index contributed by atoms with van der Waals surface area (Å²) in [5, 5.41) is 0. The van der Waals surface area contributed by atoms with Crippen LogP contribution in [0, 0.1) is 17.3 Å². The third-order valence-corrected chi connectivity index (χ3v) is 11.1. The van der Waals surface area contributed by atoms with Gasteiger partial charge in [0.1, 0.15) is 6.29 Å². The maximum Gasteiger partial charge on any atom is 0.192 e. The lowest BCUT2D eigenvalue weighted by atomic mass is 9.66. The van der Waals surface area contributed by atoms with E-state index in [1.807, 2.05) is 18.2 Å². The van der Waals surface area contributed by atoms with Crippen molar-refractivity contribution in [3.63, 3.8) is 0 Å². The van der Waals surface area contributed by atoms with Crippen molar-refractivity contribution in [3.8, 4) is 0 Å². The van der Waals surface area contributed by atoms with E-state index in [-0.39, 0.29) is 23.4 Å². The molecule has 27 heavy (non-hydrogen) atoms. The van der Waals surface area contributed by atoms with Crippen LogP contribution in [0.5, 0.6) is 0 Å². The second-order valence-corrected chi connectivity index (χ2v) is 13.7. The summed E-state index contributed by atoms with van der Waals surface area (Å²) >= 11 is 0. The molecule has 0 amide bonds. The van der Waals surface area contributed by atoms with E-state index in [1.54, 1.807) is 0 Å². The molecule has 0 N–H and O–H groups in total. The molecule has 1 saturated carbocycles. The first-order valence-electron chi connectivity index (χ1n) is 10.6. The van der Waals surface area contributed by atoms with Gasteiger partial charge in [0, 0.05) is 11.8 Å². The second kappa shape index (κ2) is 9.99. The molecule has 1 aromatic carbocycles. The smallest absolute Gasteiger partial charge is 0.192 e. The minimum atomic E-state index is -1.77. The van der Waals surface area contributed by atoms with E-state index in [0.29, 0.717) is 13.2 Å². The van der Waals surface area contributed by atoms with Gasteiger partial charge < -0.3 is 14.0 Å². The standard InChI is InChI=1S/C23H38O3Si/c1-6-27(7-2,8-3)26-22-20(16-24)14-23(4,5)15-21(22)18-25-17-19-12-10-9-11-13-19/h9-13,16,20-22H,6-8,14-15,17-18H2,1-5H3/t20-,21+,22+/m0/s1. The molecule has 1 fully saturated rings. The highest BCUT2D eigenvalue weighted by molar-refractivity contribution is 6.73. The largest absolute Gasteiger partial charge is 0.413 e. The van der Waals surface area contributed by atoms with Crippen LogP contribution in [-0.2, 0) is 20.6 Å². The van der Waals surface area contributed by atoms with Crippen LogP contribution < -0.4 is 0 Å². The fourth-order valence-corrected chi connectivity index (χ4v) is 7.61. The lowest BCUT2D eigenvalue weighted by molar-refractivity contribution is -0.122. The molecule has 3 nitrogen and oxygen atoms in total. The molecule has 0 spiro atoms. The maximum absolute atomic E-state index is 11.9. The van der Waals surface area contributed by atoms with Crippen molar-refractivity contribution in [1.82, 2.24) is 0 Å². The molecule has 3 atom stereocenters. The van der Waals surface area contributed by atoms with Gasteiger partial charge in [0.05, 0.1) is 19.3 Å². The second-order valence-electron chi connectivity index (χ2n) is 8.96. The molecule has 4 heteroatoms. The quantitative estimate of drug-likeness (QED) is 0.371. The number of benzene rings is 1. The van der Waals surface area contributed by atoms with Crippen molar-refractivity contribution in [2.45, 2.75) is 78.3 Å². The van der Waals surface area contributed by atoms with E-state index in [4.69, 9.17) is 9.16 Å².